The van der Waals surface area contributed by atoms with Crippen molar-refractivity contribution in [3.8, 4) is 5.75 Å². The molecule has 26 heavy (non-hydrogen) atoms. The van der Waals surface area contributed by atoms with Crippen LogP contribution in [0.15, 0.2) is 24.3 Å². The van der Waals surface area contributed by atoms with Crippen molar-refractivity contribution in [1.82, 2.24) is 10.3 Å². The standard InChI is InChI=1S/C19H20F2N2O3/c1-10-16-14(4-3-5-15(16)24)23-17(10)18(25)22-11(2)12-6-8-13(9-7-12)26-19(20)21/h6-9,11,19,23H,3-5H2,1-2H3,(H,22,25). The van der Waals surface area contributed by atoms with Gasteiger partial charge in [0.15, 0.2) is 5.78 Å². The van der Waals surface area contributed by atoms with Crippen molar-refractivity contribution >= 4 is 11.7 Å². The summed E-state index contributed by atoms with van der Waals surface area (Å²) in [4.78, 5) is 27.8. The van der Waals surface area contributed by atoms with E-state index < -0.39 is 6.61 Å². The highest BCUT2D eigenvalue weighted by atomic mass is 19.3. The number of hydrogen-bond acceptors (Lipinski definition) is 3. The summed E-state index contributed by atoms with van der Waals surface area (Å²) >= 11 is 0. The molecule has 0 radical (unpaired) electrons. The number of nitrogens with one attached hydrogen (secondary N) is 2. The van der Waals surface area contributed by atoms with Gasteiger partial charge in [0.1, 0.15) is 11.4 Å². The van der Waals surface area contributed by atoms with E-state index in [4.69, 9.17) is 0 Å². The number of hydrogen-bond donors (Lipinski definition) is 2. The molecule has 1 aromatic carbocycles. The molecule has 1 atom stereocenters. The fourth-order valence-electron chi connectivity index (χ4n) is 3.29. The Balaban J connectivity index is 1.73. The average Bonchev–Trinajstić information content (AvgIpc) is 2.93. The number of benzene rings is 1. The van der Waals surface area contributed by atoms with Gasteiger partial charge in [0.2, 0.25) is 0 Å². The summed E-state index contributed by atoms with van der Waals surface area (Å²) in [5, 5.41) is 2.87. The Labute approximate surface area is 149 Å². The largest absolute Gasteiger partial charge is 0.435 e. The van der Waals surface area contributed by atoms with Crippen LogP contribution >= 0.6 is 0 Å². The molecule has 5 nitrogen and oxygen atoms in total. The van der Waals surface area contributed by atoms with Crippen molar-refractivity contribution in [3.63, 3.8) is 0 Å². The molecule has 0 spiro atoms. The normalized spacial score (nSPS) is 14.9. The monoisotopic (exact) mass is 362 g/mol. The lowest BCUT2D eigenvalue weighted by atomic mass is 9.94. The zero-order chi connectivity index (χ0) is 18.8. The van der Waals surface area contributed by atoms with Gasteiger partial charge in [-0.25, -0.2) is 0 Å². The fraction of sp³-hybridized carbons (Fsp3) is 0.368. The summed E-state index contributed by atoms with van der Waals surface area (Å²) in [6.07, 6.45) is 2.06. The molecular weight excluding hydrogens is 342 g/mol. The number of rotatable bonds is 5. The first-order valence-electron chi connectivity index (χ1n) is 8.47. The molecule has 7 heteroatoms. The van der Waals surface area contributed by atoms with Crippen LogP contribution in [0.4, 0.5) is 8.78 Å². The predicted octanol–water partition coefficient (Wildman–Crippen LogP) is 3.93. The lowest BCUT2D eigenvalue weighted by molar-refractivity contribution is -0.0498. The van der Waals surface area contributed by atoms with E-state index in [9.17, 15) is 18.4 Å². The summed E-state index contributed by atoms with van der Waals surface area (Å²) in [6.45, 7) is 0.696. The van der Waals surface area contributed by atoms with Crippen LogP contribution in [0.25, 0.3) is 0 Å². The van der Waals surface area contributed by atoms with E-state index in [1.165, 1.54) is 12.1 Å². The lowest BCUT2D eigenvalue weighted by Gasteiger charge is -2.15. The fourth-order valence-corrected chi connectivity index (χ4v) is 3.29. The Bertz CT molecular complexity index is 828. The number of carbonyl (C=O) groups excluding carboxylic acids is 2. The van der Waals surface area contributed by atoms with Crippen molar-refractivity contribution in [2.45, 2.75) is 45.8 Å². The summed E-state index contributed by atoms with van der Waals surface area (Å²) < 4.78 is 28.7. The number of amides is 1. The number of Topliss-reactive ketones (excluding diaryl/α,β-unsaturated/α-hetero) is 1. The highest BCUT2D eigenvalue weighted by Gasteiger charge is 2.26. The third kappa shape index (κ3) is 3.61. The number of aromatic nitrogens is 1. The van der Waals surface area contributed by atoms with Gasteiger partial charge in [0, 0.05) is 17.7 Å². The molecule has 3 rings (SSSR count). The van der Waals surface area contributed by atoms with Gasteiger partial charge in [0.05, 0.1) is 6.04 Å². The maximum atomic E-state index is 12.6. The van der Waals surface area contributed by atoms with Crippen molar-refractivity contribution in [2.75, 3.05) is 0 Å². The molecule has 0 aliphatic heterocycles. The molecular formula is C19H20F2N2O3. The highest BCUT2D eigenvalue weighted by molar-refractivity contribution is 6.04. The zero-order valence-corrected chi connectivity index (χ0v) is 14.6. The predicted molar refractivity (Wildman–Crippen MR) is 91.8 cm³/mol. The third-order valence-electron chi connectivity index (χ3n) is 4.62. The van der Waals surface area contributed by atoms with Crippen LogP contribution in [0.1, 0.15) is 63.5 Å². The summed E-state index contributed by atoms with van der Waals surface area (Å²) in [5.41, 5.74) is 3.29. The van der Waals surface area contributed by atoms with Crippen LogP contribution in [0, 0.1) is 6.92 Å². The van der Waals surface area contributed by atoms with Gasteiger partial charge in [-0.2, -0.15) is 8.78 Å². The van der Waals surface area contributed by atoms with Crippen molar-refractivity contribution in [3.05, 3.63) is 52.3 Å². The molecule has 1 heterocycles. The first-order chi connectivity index (χ1) is 12.4. The number of halogens is 2. The number of aromatic amines is 1. The summed E-state index contributed by atoms with van der Waals surface area (Å²) in [7, 11) is 0. The van der Waals surface area contributed by atoms with Crippen LogP contribution < -0.4 is 10.1 Å². The van der Waals surface area contributed by atoms with Crippen LogP contribution in [-0.4, -0.2) is 23.3 Å². The number of aryl methyl sites for hydroxylation is 1. The second kappa shape index (κ2) is 7.27. The average molecular weight is 362 g/mol. The van der Waals surface area contributed by atoms with Crippen LogP contribution in [0.3, 0.4) is 0 Å². The number of ketones is 1. The minimum Gasteiger partial charge on any atom is -0.435 e. The Morgan fingerprint density at radius 2 is 1.92 bits per heavy atom. The van der Waals surface area contributed by atoms with E-state index in [2.05, 4.69) is 15.0 Å². The molecule has 0 saturated carbocycles. The second-order valence-electron chi connectivity index (χ2n) is 6.40. The zero-order valence-electron chi connectivity index (χ0n) is 14.6. The quantitative estimate of drug-likeness (QED) is 0.846. The highest BCUT2D eigenvalue weighted by Crippen LogP contribution is 2.27. The van der Waals surface area contributed by atoms with Gasteiger partial charge in [-0.1, -0.05) is 12.1 Å². The molecule has 2 aromatic rings. The Morgan fingerprint density at radius 1 is 1.23 bits per heavy atom. The lowest BCUT2D eigenvalue weighted by Crippen LogP contribution is -2.27. The van der Waals surface area contributed by atoms with E-state index in [1.807, 2.05) is 0 Å². The molecule has 1 unspecified atom stereocenters. The number of carbonyl (C=O) groups is 2. The molecule has 138 valence electrons. The van der Waals surface area contributed by atoms with E-state index >= 15 is 0 Å². The molecule has 0 saturated heterocycles. The van der Waals surface area contributed by atoms with Gasteiger partial charge in [-0.3, -0.25) is 9.59 Å². The summed E-state index contributed by atoms with van der Waals surface area (Å²) in [5.74, 6) is -0.166. The van der Waals surface area contributed by atoms with Gasteiger partial charge in [-0.05, 0) is 49.9 Å². The molecule has 1 amide bonds. The van der Waals surface area contributed by atoms with Gasteiger partial charge < -0.3 is 15.0 Å². The molecule has 1 aromatic heterocycles. The van der Waals surface area contributed by atoms with E-state index in [0.717, 1.165) is 24.1 Å². The minimum atomic E-state index is -2.87. The maximum absolute atomic E-state index is 12.6. The molecule has 0 fully saturated rings. The molecule has 1 aliphatic rings. The number of H-pyrrole nitrogens is 1. The first kappa shape index (κ1) is 18.1. The van der Waals surface area contributed by atoms with Crippen LogP contribution in [0.5, 0.6) is 5.75 Å². The minimum absolute atomic E-state index is 0.0636. The van der Waals surface area contributed by atoms with E-state index in [1.54, 1.807) is 26.0 Å². The van der Waals surface area contributed by atoms with Crippen molar-refractivity contribution in [2.24, 2.45) is 0 Å². The first-order valence-corrected chi connectivity index (χ1v) is 8.47. The third-order valence-corrected chi connectivity index (χ3v) is 4.62. The van der Waals surface area contributed by atoms with E-state index in [-0.39, 0.29) is 23.5 Å². The van der Waals surface area contributed by atoms with Gasteiger partial charge in [-0.15, -0.1) is 0 Å². The number of ether oxygens (including phenoxy) is 1. The number of alkyl halides is 2. The smallest absolute Gasteiger partial charge is 0.387 e. The number of fused-ring (bicyclic) bond motifs is 1. The van der Waals surface area contributed by atoms with Crippen LogP contribution in [-0.2, 0) is 6.42 Å². The van der Waals surface area contributed by atoms with Crippen LogP contribution in [0.2, 0.25) is 0 Å². The topological polar surface area (TPSA) is 71.2 Å². The Morgan fingerprint density at radius 3 is 2.54 bits per heavy atom. The van der Waals surface area contributed by atoms with Gasteiger partial charge >= 0.3 is 6.61 Å². The molecule has 1 aliphatic carbocycles. The summed E-state index contributed by atoms with van der Waals surface area (Å²) in [6, 6.07) is 5.78. The molecule has 0 bridgehead atoms. The Hall–Kier alpha value is -2.70. The Kier molecular flexibility index (Phi) is 5.06. The van der Waals surface area contributed by atoms with Crippen molar-refractivity contribution < 1.29 is 23.1 Å². The van der Waals surface area contributed by atoms with Gasteiger partial charge in [0.25, 0.3) is 5.91 Å². The molecule has 2 N–H and O–H groups in total. The second-order valence-corrected chi connectivity index (χ2v) is 6.40. The SMILES string of the molecule is Cc1c(C(=O)NC(C)c2ccc(OC(F)F)cc2)[nH]c2c1C(=O)CCC2. The van der Waals surface area contributed by atoms with E-state index in [0.29, 0.717) is 23.2 Å². The van der Waals surface area contributed by atoms with Crippen molar-refractivity contribution in [1.29, 1.82) is 0 Å². The maximum Gasteiger partial charge on any atom is 0.387 e.